The minimum atomic E-state index is -0.168. The van der Waals surface area contributed by atoms with E-state index >= 15 is 0 Å². The van der Waals surface area contributed by atoms with E-state index in [1.165, 1.54) is 38.6 Å². The lowest BCUT2D eigenvalue weighted by Crippen LogP contribution is -2.18. The molecule has 0 fully saturated rings. The van der Waals surface area contributed by atoms with Crippen LogP contribution in [0, 0.1) is 6.92 Å². The summed E-state index contributed by atoms with van der Waals surface area (Å²) in [7, 11) is 0. The Kier molecular flexibility index (Phi) is 9.07. The molecule has 284 valence electrons. The molecule has 3 heteroatoms. The van der Waals surface area contributed by atoms with Crippen LogP contribution in [-0.2, 0) is 5.41 Å². The highest BCUT2D eigenvalue weighted by atomic mass is 15.2. The predicted octanol–water partition coefficient (Wildman–Crippen LogP) is 15.9. The quantitative estimate of drug-likeness (QED) is 0.145. The van der Waals surface area contributed by atoms with E-state index in [2.05, 4.69) is 254 Å². The first-order chi connectivity index (χ1) is 29.0. The molecule has 9 aromatic carbocycles. The van der Waals surface area contributed by atoms with Crippen LogP contribution >= 0.6 is 0 Å². The minimum absolute atomic E-state index is 0.168. The summed E-state index contributed by atoms with van der Waals surface area (Å²) in [4.78, 5) is 7.21. The second-order valence-corrected chi connectivity index (χ2v) is 15.9. The SMILES string of the molecule is Cc1cccc2c1-c1ccc(N(c3cc(N(c4ccccc4)c4ccccc4)cc(N(c4ccccc4)c4ccccc4)c3)c3cccc4ccccc34)cc1C2(C)C. The fraction of sp³-hybridized carbons (Fsp3) is 0.0714. The van der Waals surface area contributed by atoms with E-state index in [0.717, 1.165) is 51.2 Å². The van der Waals surface area contributed by atoms with Crippen molar-refractivity contribution in [3.8, 4) is 11.1 Å². The van der Waals surface area contributed by atoms with E-state index < -0.39 is 0 Å². The van der Waals surface area contributed by atoms with Crippen molar-refractivity contribution in [3.05, 3.63) is 235 Å². The third kappa shape index (κ3) is 6.42. The van der Waals surface area contributed by atoms with Crippen LogP contribution in [0.4, 0.5) is 51.2 Å². The molecule has 0 amide bonds. The van der Waals surface area contributed by atoms with Gasteiger partial charge in [0, 0.05) is 39.2 Å². The van der Waals surface area contributed by atoms with Gasteiger partial charge in [0.1, 0.15) is 0 Å². The van der Waals surface area contributed by atoms with Crippen LogP contribution in [0.3, 0.4) is 0 Å². The summed E-state index contributed by atoms with van der Waals surface area (Å²) in [6, 6.07) is 79.1. The highest BCUT2D eigenvalue weighted by Gasteiger charge is 2.37. The average molecular weight is 760 g/mol. The van der Waals surface area contributed by atoms with Crippen molar-refractivity contribution >= 4 is 62.0 Å². The van der Waals surface area contributed by atoms with Crippen LogP contribution in [0.2, 0.25) is 0 Å². The number of para-hydroxylation sites is 4. The highest BCUT2D eigenvalue weighted by Crippen LogP contribution is 2.53. The van der Waals surface area contributed by atoms with Gasteiger partial charge >= 0.3 is 0 Å². The van der Waals surface area contributed by atoms with Crippen molar-refractivity contribution in [2.45, 2.75) is 26.2 Å². The standard InChI is InChI=1S/C56H45N3/c1-40-20-18-32-52-55(40)51-35-34-46(39-53(51)56(52,2)3)59(54-33-19-22-41-21-16-17-31-50(41)54)49-37-47(57(42-23-8-4-9-24-42)43-25-10-5-11-26-43)36-48(38-49)58(44-27-12-6-13-28-44)45-29-14-7-15-30-45/h4-39H,1-3H3. The Bertz CT molecular complexity index is 2740. The molecular formula is C56H45N3. The molecule has 59 heavy (non-hydrogen) atoms. The first-order valence-corrected chi connectivity index (χ1v) is 20.4. The summed E-state index contributed by atoms with van der Waals surface area (Å²) >= 11 is 0. The summed E-state index contributed by atoms with van der Waals surface area (Å²) in [5.74, 6) is 0. The van der Waals surface area contributed by atoms with Gasteiger partial charge in [-0.05, 0) is 125 Å². The molecule has 0 unspecified atom stereocenters. The predicted molar refractivity (Wildman–Crippen MR) is 250 cm³/mol. The summed E-state index contributed by atoms with van der Waals surface area (Å²) in [5, 5.41) is 2.38. The molecule has 0 bridgehead atoms. The van der Waals surface area contributed by atoms with E-state index in [-0.39, 0.29) is 5.41 Å². The van der Waals surface area contributed by atoms with Crippen LogP contribution in [0.1, 0.15) is 30.5 Å². The maximum absolute atomic E-state index is 2.48. The number of fused-ring (bicyclic) bond motifs is 4. The lowest BCUT2D eigenvalue weighted by atomic mass is 9.82. The second-order valence-electron chi connectivity index (χ2n) is 15.9. The molecule has 0 aliphatic heterocycles. The molecule has 0 aromatic heterocycles. The Labute approximate surface area is 347 Å². The van der Waals surface area contributed by atoms with Crippen molar-refractivity contribution in [1.29, 1.82) is 0 Å². The molecule has 3 nitrogen and oxygen atoms in total. The van der Waals surface area contributed by atoms with E-state index in [0.29, 0.717) is 0 Å². The number of hydrogen-bond donors (Lipinski definition) is 0. The first-order valence-electron chi connectivity index (χ1n) is 20.4. The summed E-state index contributed by atoms with van der Waals surface area (Å²) in [5.41, 5.74) is 16.2. The summed E-state index contributed by atoms with van der Waals surface area (Å²) in [6.45, 7) is 6.98. The largest absolute Gasteiger partial charge is 0.310 e. The molecule has 1 aliphatic rings. The topological polar surface area (TPSA) is 9.72 Å². The molecular weight excluding hydrogens is 715 g/mol. The van der Waals surface area contributed by atoms with Crippen LogP contribution in [0.25, 0.3) is 21.9 Å². The fourth-order valence-electron chi connectivity index (χ4n) is 9.10. The van der Waals surface area contributed by atoms with Crippen molar-refractivity contribution in [2.75, 3.05) is 14.7 Å². The van der Waals surface area contributed by atoms with Gasteiger partial charge < -0.3 is 14.7 Å². The Balaban J connectivity index is 1.28. The van der Waals surface area contributed by atoms with Gasteiger partial charge in [-0.1, -0.05) is 147 Å². The number of benzene rings is 9. The molecule has 0 saturated carbocycles. The van der Waals surface area contributed by atoms with Gasteiger partial charge in [-0.15, -0.1) is 0 Å². The van der Waals surface area contributed by atoms with Gasteiger partial charge in [0.15, 0.2) is 0 Å². The zero-order chi connectivity index (χ0) is 39.9. The van der Waals surface area contributed by atoms with E-state index in [9.17, 15) is 0 Å². The van der Waals surface area contributed by atoms with Gasteiger partial charge in [-0.2, -0.15) is 0 Å². The molecule has 0 saturated heterocycles. The first kappa shape index (κ1) is 36.0. The van der Waals surface area contributed by atoms with Gasteiger partial charge in [-0.3, -0.25) is 0 Å². The molecule has 10 rings (SSSR count). The Morgan fingerprint density at radius 2 is 0.797 bits per heavy atom. The van der Waals surface area contributed by atoms with E-state index in [1.807, 2.05) is 0 Å². The number of aryl methyl sites for hydroxylation is 1. The highest BCUT2D eigenvalue weighted by molar-refractivity contribution is 6.01. The van der Waals surface area contributed by atoms with Gasteiger partial charge in [0.05, 0.1) is 22.7 Å². The maximum atomic E-state index is 2.48. The van der Waals surface area contributed by atoms with Crippen LogP contribution in [-0.4, -0.2) is 0 Å². The van der Waals surface area contributed by atoms with E-state index in [4.69, 9.17) is 0 Å². The third-order valence-electron chi connectivity index (χ3n) is 11.9. The monoisotopic (exact) mass is 759 g/mol. The maximum Gasteiger partial charge on any atom is 0.0540 e. The second kappa shape index (κ2) is 14.9. The normalized spacial score (nSPS) is 12.5. The molecule has 0 atom stereocenters. The zero-order valence-corrected chi connectivity index (χ0v) is 33.6. The summed E-state index contributed by atoms with van der Waals surface area (Å²) in [6.07, 6.45) is 0. The lowest BCUT2D eigenvalue weighted by Gasteiger charge is -2.33. The lowest BCUT2D eigenvalue weighted by molar-refractivity contribution is 0.660. The van der Waals surface area contributed by atoms with Gasteiger partial charge in [0.2, 0.25) is 0 Å². The van der Waals surface area contributed by atoms with Crippen molar-refractivity contribution in [2.24, 2.45) is 0 Å². The smallest absolute Gasteiger partial charge is 0.0540 e. The zero-order valence-electron chi connectivity index (χ0n) is 33.6. The van der Waals surface area contributed by atoms with Crippen LogP contribution in [0.15, 0.2) is 218 Å². The minimum Gasteiger partial charge on any atom is -0.310 e. The molecule has 0 radical (unpaired) electrons. The molecule has 1 aliphatic carbocycles. The number of rotatable bonds is 9. The van der Waals surface area contributed by atoms with Crippen LogP contribution < -0.4 is 14.7 Å². The van der Waals surface area contributed by atoms with Gasteiger partial charge in [0.25, 0.3) is 0 Å². The number of anilines is 9. The fourth-order valence-corrected chi connectivity index (χ4v) is 9.10. The van der Waals surface area contributed by atoms with Gasteiger partial charge in [-0.25, -0.2) is 0 Å². The number of nitrogens with zero attached hydrogens (tertiary/aromatic N) is 3. The van der Waals surface area contributed by atoms with Crippen molar-refractivity contribution < 1.29 is 0 Å². The van der Waals surface area contributed by atoms with Crippen molar-refractivity contribution in [3.63, 3.8) is 0 Å². The van der Waals surface area contributed by atoms with Crippen molar-refractivity contribution in [1.82, 2.24) is 0 Å². The Hall–Kier alpha value is -7.36. The average Bonchev–Trinajstić information content (AvgIpc) is 3.51. The molecule has 0 N–H and O–H groups in total. The molecule has 9 aromatic rings. The summed E-state index contributed by atoms with van der Waals surface area (Å²) < 4.78 is 0. The number of hydrogen-bond acceptors (Lipinski definition) is 3. The Morgan fingerprint density at radius 1 is 0.339 bits per heavy atom. The molecule has 0 spiro atoms. The Morgan fingerprint density at radius 3 is 1.34 bits per heavy atom. The van der Waals surface area contributed by atoms with Crippen LogP contribution in [0.5, 0.6) is 0 Å². The molecule has 0 heterocycles. The van der Waals surface area contributed by atoms with E-state index in [1.54, 1.807) is 0 Å². The third-order valence-corrected chi connectivity index (χ3v) is 11.9.